The molecule has 0 saturated heterocycles. The second kappa shape index (κ2) is 6.65. The standard InChI is InChI=1S/C15H28F3NO/c1-13(2,3)12-4-6-14(10-19,7-5-12)8-9-20-11-15(16,17)18/h12H,4-11,19H2,1-3H3. The highest BCUT2D eigenvalue weighted by Gasteiger charge is 2.38. The highest BCUT2D eigenvalue weighted by Crippen LogP contribution is 2.46. The van der Waals surface area contributed by atoms with Crippen LogP contribution in [0, 0.1) is 16.7 Å². The second-order valence-corrected chi connectivity index (χ2v) is 7.26. The molecule has 0 aromatic heterocycles. The van der Waals surface area contributed by atoms with E-state index in [-0.39, 0.29) is 12.0 Å². The fourth-order valence-electron chi connectivity index (χ4n) is 3.13. The zero-order valence-electron chi connectivity index (χ0n) is 12.9. The van der Waals surface area contributed by atoms with Gasteiger partial charge in [-0.25, -0.2) is 0 Å². The predicted octanol–water partition coefficient (Wildman–Crippen LogP) is 4.14. The van der Waals surface area contributed by atoms with Crippen LogP contribution in [-0.2, 0) is 4.74 Å². The van der Waals surface area contributed by atoms with E-state index < -0.39 is 12.8 Å². The van der Waals surface area contributed by atoms with Gasteiger partial charge in [0.1, 0.15) is 6.61 Å². The van der Waals surface area contributed by atoms with Crippen LogP contribution in [0.1, 0.15) is 52.9 Å². The van der Waals surface area contributed by atoms with E-state index in [9.17, 15) is 13.2 Å². The van der Waals surface area contributed by atoms with Crippen molar-refractivity contribution in [3.63, 3.8) is 0 Å². The van der Waals surface area contributed by atoms with Crippen LogP contribution in [-0.4, -0.2) is 25.9 Å². The molecule has 1 aliphatic carbocycles. The van der Waals surface area contributed by atoms with E-state index in [1.165, 1.54) is 0 Å². The molecule has 0 aromatic carbocycles. The van der Waals surface area contributed by atoms with E-state index in [0.29, 0.717) is 24.3 Å². The Morgan fingerprint density at radius 1 is 1.15 bits per heavy atom. The van der Waals surface area contributed by atoms with E-state index in [4.69, 9.17) is 10.5 Å². The molecular weight excluding hydrogens is 267 g/mol. The number of alkyl halides is 3. The van der Waals surface area contributed by atoms with Crippen molar-refractivity contribution in [2.45, 2.75) is 59.1 Å². The van der Waals surface area contributed by atoms with E-state index in [1.54, 1.807) is 0 Å². The third-order valence-corrected chi connectivity index (χ3v) is 4.75. The Labute approximate surface area is 120 Å². The third kappa shape index (κ3) is 5.60. The third-order valence-electron chi connectivity index (χ3n) is 4.75. The van der Waals surface area contributed by atoms with Gasteiger partial charge in [0, 0.05) is 6.61 Å². The summed E-state index contributed by atoms with van der Waals surface area (Å²) >= 11 is 0. The van der Waals surface area contributed by atoms with Crippen LogP contribution in [0.3, 0.4) is 0 Å². The minimum atomic E-state index is -4.24. The lowest BCUT2D eigenvalue weighted by Crippen LogP contribution is -2.38. The van der Waals surface area contributed by atoms with Crippen molar-refractivity contribution >= 4 is 0 Å². The summed E-state index contributed by atoms with van der Waals surface area (Å²) in [6.07, 6.45) is 0.623. The summed E-state index contributed by atoms with van der Waals surface area (Å²) in [4.78, 5) is 0. The molecule has 1 rings (SSSR count). The molecular formula is C15H28F3NO. The highest BCUT2D eigenvalue weighted by molar-refractivity contribution is 4.89. The zero-order chi connectivity index (χ0) is 15.4. The lowest BCUT2D eigenvalue weighted by atomic mass is 9.63. The summed E-state index contributed by atoms with van der Waals surface area (Å²) in [6, 6.07) is 0. The first-order chi connectivity index (χ1) is 9.08. The summed E-state index contributed by atoms with van der Waals surface area (Å²) < 4.78 is 40.8. The molecule has 2 N–H and O–H groups in total. The summed E-state index contributed by atoms with van der Waals surface area (Å²) in [6.45, 7) is 6.28. The molecule has 1 aliphatic rings. The van der Waals surface area contributed by atoms with Crippen LogP contribution in [0.4, 0.5) is 13.2 Å². The smallest absolute Gasteiger partial charge is 0.372 e. The Morgan fingerprint density at radius 3 is 2.10 bits per heavy atom. The number of hydrogen-bond donors (Lipinski definition) is 1. The molecule has 2 nitrogen and oxygen atoms in total. The molecule has 0 amide bonds. The topological polar surface area (TPSA) is 35.2 Å². The lowest BCUT2D eigenvalue weighted by Gasteiger charge is -2.43. The average Bonchev–Trinajstić information content (AvgIpc) is 2.33. The van der Waals surface area contributed by atoms with E-state index >= 15 is 0 Å². The first-order valence-electron chi connectivity index (χ1n) is 7.43. The quantitative estimate of drug-likeness (QED) is 0.774. The van der Waals surface area contributed by atoms with Crippen LogP contribution in [0.25, 0.3) is 0 Å². The largest absolute Gasteiger partial charge is 0.411 e. The molecule has 120 valence electrons. The number of rotatable bonds is 5. The molecule has 0 aromatic rings. The lowest BCUT2D eigenvalue weighted by molar-refractivity contribution is -0.175. The fourth-order valence-corrected chi connectivity index (χ4v) is 3.13. The van der Waals surface area contributed by atoms with Crippen LogP contribution in [0.15, 0.2) is 0 Å². The van der Waals surface area contributed by atoms with Gasteiger partial charge in [-0.1, -0.05) is 20.8 Å². The molecule has 1 fully saturated rings. The highest BCUT2D eigenvalue weighted by atomic mass is 19.4. The van der Waals surface area contributed by atoms with Crippen LogP contribution >= 0.6 is 0 Å². The van der Waals surface area contributed by atoms with Crippen LogP contribution < -0.4 is 5.73 Å². The van der Waals surface area contributed by atoms with Crippen molar-refractivity contribution in [2.24, 2.45) is 22.5 Å². The molecule has 0 radical (unpaired) electrons. The molecule has 0 heterocycles. The summed E-state index contributed by atoms with van der Waals surface area (Å²) in [5.41, 5.74) is 6.16. The maximum absolute atomic E-state index is 12.0. The van der Waals surface area contributed by atoms with E-state index in [1.807, 2.05) is 0 Å². The normalized spacial score (nSPS) is 28.6. The predicted molar refractivity (Wildman–Crippen MR) is 74.4 cm³/mol. The van der Waals surface area contributed by atoms with Gasteiger partial charge in [0.15, 0.2) is 0 Å². The Bertz CT molecular complexity index is 288. The number of halogens is 3. The Kier molecular flexibility index (Phi) is 5.90. The monoisotopic (exact) mass is 295 g/mol. The number of nitrogens with two attached hydrogens (primary N) is 1. The molecule has 5 heteroatoms. The number of ether oxygens (including phenoxy) is 1. The van der Waals surface area contributed by atoms with Crippen molar-refractivity contribution in [1.29, 1.82) is 0 Å². The molecule has 20 heavy (non-hydrogen) atoms. The van der Waals surface area contributed by atoms with Crippen LogP contribution in [0.2, 0.25) is 0 Å². The molecule has 1 saturated carbocycles. The van der Waals surface area contributed by atoms with E-state index in [2.05, 4.69) is 20.8 Å². The Balaban J connectivity index is 2.39. The second-order valence-electron chi connectivity index (χ2n) is 7.26. The van der Waals surface area contributed by atoms with Crippen molar-refractivity contribution in [1.82, 2.24) is 0 Å². The minimum absolute atomic E-state index is 0.0205. The van der Waals surface area contributed by atoms with Gasteiger partial charge in [0.25, 0.3) is 0 Å². The molecule has 0 bridgehead atoms. The summed E-state index contributed by atoms with van der Waals surface area (Å²) in [7, 11) is 0. The first kappa shape index (κ1) is 17.8. The van der Waals surface area contributed by atoms with Gasteiger partial charge in [0.2, 0.25) is 0 Å². The van der Waals surface area contributed by atoms with Gasteiger partial charge in [-0.05, 0) is 55.4 Å². The van der Waals surface area contributed by atoms with Crippen LogP contribution in [0.5, 0.6) is 0 Å². The van der Waals surface area contributed by atoms with Crippen molar-refractivity contribution in [2.75, 3.05) is 19.8 Å². The number of hydrogen-bond acceptors (Lipinski definition) is 2. The molecule has 0 spiro atoms. The van der Waals surface area contributed by atoms with Gasteiger partial charge < -0.3 is 10.5 Å². The minimum Gasteiger partial charge on any atom is -0.372 e. The summed E-state index contributed by atoms with van der Waals surface area (Å²) in [5, 5.41) is 0. The van der Waals surface area contributed by atoms with Gasteiger partial charge in [0.05, 0.1) is 0 Å². The summed E-state index contributed by atoms with van der Waals surface area (Å²) in [5.74, 6) is 0.679. The maximum atomic E-state index is 12.0. The zero-order valence-corrected chi connectivity index (χ0v) is 12.9. The van der Waals surface area contributed by atoms with Crippen molar-refractivity contribution in [3.8, 4) is 0 Å². The Hall–Kier alpha value is -0.290. The van der Waals surface area contributed by atoms with Crippen molar-refractivity contribution in [3.05, 3.63) is 0 Å². The average molecular weight is 295 g/mol. The van der Waals surface area contributed by atoms with Gasteiger partial charge in [-0.2, -0.15) is 13.2 Å². The van der Waals surface area contributed by atoms with Gasteiger partial charge >= 0.3 is 6.18 Å². The SMILES string of the molecule is CC(C)(C)C1CCC(CN)(CCOCC(F)(F)F)CC1. The molecule has 0 unspecified atom stereocenters. The van der Waals surface area contributed by atoms with E-state index in [0.717, 1.165) is 25.7 Å². The fraction of sp³-hybridized carbons (Fsp3) is 1.00. The van der Waals surface area contributed by atoms with Crippen molar-refractivity contribution < 1.29 is 17.9 Å². The Morgan fingerprint density at radius 2 is 1.70 bits per heavy atom. The maximum Gasteiger partial charge on any atom is 0.411 e. The van der Waals surface area contributed by atoms with Gasteiger partial charge in [-0.15, -0.1) is 0 Å². The molecule has 0 atom stereocenters. The van der Waals surface area contributed by atoms with Gasteiger partial charge in [-0.3, -0.25) is 0 Å². The molecule has 0 aliphatic heterocycles. The first-order valence-corrected chi connectivity index (χ1v) is 7.43.